The maximum absolute atomic E-state index is 5.94. The minimum atomic E-state index is 0.844. The van der Waals surface area contributed by atoms with Crippen LogP contribution < -0.4 is 5.73 Å². The molecule has 2 bridgehead atoms. The largest absolute Gasteiger partial charge is 0.330 e. The predicted octanol–water partition coefficient (Wildman–Crippen LogP) is 1.45. The van der Waals surface area contributed by atoms with Crippen molar-refractivity contribution in [1.82, 2.24) is 4.90 Å². The van der Waals surface area contributed by atoms with Gasteiger partial charge in [-0.15, -0.1) is 0 Å². The van der Waals surface area contributed by atoms with Crippen LogP contribution in [-0.2, 0) is 0 Å². The third kappa shape index (κ3) is 1.24. The summed E-state index contributed by atoms with van der Waals surface area (Å²) in [5.41, 5.74) is 5.94. The summed E-state index contributed by atoms with van der Waals surface area (Å²) >= 11 is 0. The van der Waals surface area contributed by atoms with E-state index in [0.717, 1.165) is 36.4 Å². The van der Waals surface area contributed by atoms with E-state index in [9.17, 15) is 0 Å². The zero-order chi connectivity index (χ0) is 9.71. The molecule has 2 heteroatoms. The lowest BCUT2D eigenvalue weighted by Crippen LogP contribution is -2.49. The second kappa shape index (κ2) is 3.21. The van der Waals surface area contributed by atoms with Crippen molar-refractivity contribution in [3.05, 3.63) is 0 Å². The minimum Gasteiger partial charge on any atom is -0.330 e. The quantitative estimate of drug-likeness (QED) is 0.721. The first-order valence-electron chi connectivity index (χ1n) is 6.23. The van der Waals surface area contributed by atoms with E-state index in [2.05, 4.69) is 11.9 Å². The molecule has 2 heterocycles. The molecule has 14 heavy (non-hydrogen) atoms. The Kier molecular flexibility index (Phi) is 2.10. The summed E-state index contributed by atoms with van der Waals surface area (Å²) in [7, 11) is 2.34. The molecule has 3 fully saturated rings. The maximum Gasteiger partial charge on any atom is 0.0130 e. The van der Waals surface area contributed by atoms with Crippen LogP contribution in [0.5, 0.6) is 0 Å². The molecule has 0 aromatic heterocycles. The molecule has 2 N–H and O–H groups in total. The Labute approximate surface area is 86.8 Å². The van der Waals surface area contributed by atoms with Gasteiger partial charge < -0.3 is 10.6 Å². The van der Waals surface area contributed by atoms with E-state index in [4.69, 9.17) is 5.73 Å². The van der Waals surface area contributed by atoms with Gasteiger partial charge in [-0.05, 0) is 63.5 Å². The highest BCUT2D eigenvalue weighted by atomic mass is 15.2. The summed E-state index contributed by atoms with van der Waals surface area (Å²) in [6, 6.07) is 1.75. The molecule has 0 aromatic carbocycles. The number of rotatable bonds is 2. The molecule has 3 rings (SSSR count). The van der Waals surface area contributed by atoms with E-state index >= 15 is 0 Å². The van der Waals surface area contributed by atoms with Gasteiger partial charge >= 0.3 is 0 Å². The molecule has 2 aliphatic heterocycles. The normalized spacial score (nSPS) is 48.4. The molecule has 0 radical (unpaired) electrons. The number of nitrogens with two attached hydrogens (primary N) is 1. The van der Waals surface area contributed by atoms with E-state index in [0.29, 0.717) is 0 Å². The molecule has 1 saturated carbocycles. The summed E-state index contributed by atoms with van der Waals surface area (Å²) < 4.78 is 0. The van der Waals surface area contributed by atoms with Gasteiger partial charge in [-0.2, -0.15) is 0 Å². The van der Waals surface area contributed by atoms with Gasteiger partial charge in [0.1, 0.15) is 0 Å². The molecule has 2 nitrogen and oxygen atoms in total. The van der Waals surface area contributed by atoms with Gasteiger partial charge in [-0.25, -0.2) is 0 Å². The standard InChI is InChI=1S/C12H22N2/c1-14-10-4-5-11(14)12(8-2-3-8)9(6-10)7-13/h8-12H,2-7,13H2,1H3. The van der Waals surface area contributed by atoms with Crippen LogP contribution in [0, 0.1) is 17.8 Å². The van der Waals surface area contributed by atoms with Crippen molar-refractivity contribution in [3.63, 3.8) is 0 Å². The predicted molar refractivity (Wildman–Crippen MR) is 57.9 cm³/mol. The monoisotopic (exact) mass is 194 g/mol. The summed E-state index contributed by atoms with van der Waals surface area (Å²) in [4.78, 5) is 2.66. The molecular weight excluding hydrogens is 172 g/mol. The van der Waals surface area contributed by atoms with E-state index in [1.165, 1.54) is 32.1 Å². The van der Waals surface area contributed by atoms with Crippen molar-refractivity contribution >= 4 is 0 Å². The fraction of sp³-hybridized carbons (Fsp3) is 1.00. The van der Waals surface area contributed by atoms with Crippen LogP contribution in [0.25, 0.3) is 0 Å². The first-order chi connectivity index (χ1) is 6.81. The van der Waals surface area contributed by atoms with Gasteiger partial charge in [0, 0.05) is 12.1 Å². The lowest BCUT2D eigenvalue weighted by atomic mass is 9.77. The number of nitrogens with zero attached hydrogens (tertiary/aromatic N) is 1. The van der Waals surface area contributed by atoms with Gasteiger partial charge in [-0.3, -0.25) is 0 Å². The lowest BCUT2D eigenvalue weighted by Gasteiger charge is -2.43. The number of fused-ring (bicyclic) bond motifs is 2. The first kappa shape index (κ1) is 9.17. The van der Waals surface area contributed by atoms with Crippen molar-refractivity contribution < 1.29 is 0 Å². The van der Waals surface area contributed by atoms with Crippen LogP contribution in [-0.4, -0.2) is 30.6 Å². The Hall–Kier alpha value is -0.0800. The zero-order valence-electron chi connectivity index (χ0n) is 9.15. The topological polar surface area (TPSA) is 29.3 Å². The average Bonchev–Trinajstić information content (AvgIpc) is 2.98. The van der Waals surface area contributed by atoms with Crippen LogP contribution in [0.3, 0.4) is 0 Å². The van der Waals surface area contributed by atoms with Crippen LogP contribution in [0.15, 0.2) is 0 Å². The van der Waals surface area contributed by atoms with Crippen molar-refractivity contribution in [2.24, 2.45) is 23.5 Å². The molecule has 2 saturated heterocycles. The Morgan fingerprint density at radius 2 is 2.00 bits per heavy atom. The number of hydrogen-bond acceptors (Lipinski definition) is 2. The van der Waals surface area contributed by atoms with E-state index in [-0.39, 0.29) is 0 Å². The molecule has 0 aromatic rings. The third-order valence-corrected chi connectivity index (χ3v) is 4.93. The average molecular weight is 194 g/mol. The van der Waals surface area contributed by atoms with Gasteiger partial charge in [0.25, 0.3) is 0 Å². The van der Waals surface area contributed by atoms with E-state index < -0.39 is 0 Å². The molecule has 1 aliphatic carbocycles. The smallest absolute Gasteiger partial charge is 0.0130 e. The van der Waals surface area contributed by atoms with Crippen LogP contribution in [0.2, 0.25) is 0 Å². The van der Waals surface area contributed by atoms with Crippen molar-refractivity contribution in [1.29, 1.82) is 0 Å². The van der Waals surface area contributed by atoms with Crippen molar-refractivity contribution in [2.45, 2.75) is 44.2 Å². The van der Waals surface area contributed by atoms with Gasteiger partial charge in [0.15, 0.2) is 0 Å². The van der Waals surface area contributed by atoms with E-state index in [1.54, 1.807) is 0 Å². The summed E-state index contributed by atoms with van der Waals surface area (Å²) in [5.74, 6) is 2.83. The first-order valence-corrected chi connectivity index (χ1v) is 6.23. The molecular formula is C12H22N2. The van der Waals surface area contributed by atoms with Gasteiger partial charge in [0.2, 0.25) is 0 Å². The highest BCUT2D eigenvalue weighted by molar-refractivity contribution is 5.03. The zero-order valence-corrected chi connectivity index (χ0v) is 9.15. The van der Waals surface area contributed by atoms with Crippen molar-refractivity contribution in [2.75, 3.05) is 13.6 Å². The van der Waals surface area contributed by atoms with Gasteiger partial charge in [0.05, 0.1) is 0 Å². The maximum atomic E-state index is 5.94. The molecule has 4 atom stereocenters. The second-order valence-corrected chi connectivity index (χ2v) is 5.61. The molecule has 80 valence electrons. The molecule has 3 aliphatic rings. The highest BCUT2D eigenvalue weighted by Gasteiger charge is 2.50. The molecule has 0 amide bonds. The third-order valence-electron chi connectivity index (χ3n) is 4.93. The highest BCUT2D eigenvalue weighted by Crippen LogP contribution is 2.51. The Bertz CT molecular complexity index is 224. The van der Waals surface area contributed by atoms with Crippen molar-refractivity contribution in [3.8, 4) is 0 Å². The summed E-state index contributed by atoms with van der Waals surface area (Å²) in [6.45, 7) is 0.933. The fourth-order valence-corrected chi connectivity index (χ4v) is 4.04. The van der Waals surface area contributed by atoms with Gasteiger partial charge in [-0.1, -0.05) is 0 Å². The SMILES string of the molecule is CN1C2CCC1C(C1CC1)C(CN)C2. The molecule has 4 unspecified atom stereocenters. The number of piperidine rings is 1. The van der Waals surface area contributed by atoms with E-state index in [1.807, 2.05) is 0 Å². The Morgan fingerprint density at radius 1 is 1.21 bits per heavy atom. The Morgan fingerprint density at radius 3 is 2.64 bits per heavy atom. The Balaban J connectivity index is 1.83. The van der Waals surface area contributed by atoms with Crippen LogP contribution in [0.4, 0.5) is 0 Å². The van der Waals surface area contributed by atoms with Crippen LogP contribution in [0.1, 0.15) is 32.1 Å². The molecule has 0 spiro atoms. The summed E-state index contributed by atoms with van der Waals surface area (Å²) in [5, 5.41) is 0. The number of hydrogen-bond donors (Lipinski definition) is 1. The van der Waals surface area contributed by atoms with Crippen LogP contribution >= 0.6 is 0 Å². The summed E-state index contributed by atoms with van der Waals surface area (Å²) in [6.07, 6.45) is 7.22. The fourth-order valence-electron chi connectivity index (χ4n) is 4.04. The second-order valence-electron chi connectivity index (χ2n) is 5.61. The minimum absolute atomic E-state index is 0.844. The lowest BCUT2D eigenvalue weighted by molar-refractivity contribution is 0.0586.